The summed E-state index contributed by atoms with van der Waals surface area (Å²) in [5.41, 5.74) is 10.2. The third-order valence-corrected chi connectivity index (χ3v) is 3.10. The lowest BCUT2D eigenvalue weighted by molar-refractivity contribution is 0.109. The van der Waals surface area contributed by atoms with Gasteiger partial charge in [-0.25, -0.2) is 0 Å². The Bertz CT molecular complexity index is 454. The van der Waals surface area contributed by atoms with Gasteiger partial charge >= 0.3 is 0 Å². The van der Waals surface area contributed by atoms with E-state index in [2.05, 4.69) is 15.3 Å². The summed E-state index contributed by atoms with van der Waals surface area (Å²) in [6.07, 6.45) is 0.539. The molecule has 5 nitrogen and oxygen atoms in total. The van der Waals surface area contributed by atoms with Gasteiger partial charge in [0.1, 0.15) is 11.8 Å². The zero-order valence-corrected chi connectivity index (χ0v) is 8.05. The maximum Gasteiger partial charge on any atom is 0.143 e. The van der Waals surface area contributed by atoms with Gasteiger partial charge in [0.2, 0.25) is 0 Å². The highest BCUT2D eigenvalue weighted by Gasteiger charge is 2.50. The van der Waals surface area contributed by atoms with Gasteiger partial charge in [-0.15, -0.1) is 0 Å². The average molecular weight is 202 g/mol. The molecule has 76 valence electrons. The van der Waals surface area contributed by atoms with Crippen LogP contribution in [0.15, 0.2) is 29.4 Å². The fourth-order valence-electron chi connectivity index (χ4n) is 2.40. The van der Waals surface area contributed by atoms with E-state index in [1.165, 1.54) is 0 Å². The van der Waals surface area contributed by atoms with E-state index in [0.717, 1.165) is 17.7 Å². The molecule has 0 amide bonds. The SMILES string of the molecule is [N-]=[N+]=N[C@@]12CCOC1Nc1ccccc12. The molecule has 1 aromatic rings. The lowest BCUT2D eigenvalue weighted by atomic mass is 9.90. The Morgan fingerprint density at radius 2 is 2.40 bits per heavy atom. The molecule has 0 radical (unpaired) electrons. The van der Waals surface area contributed by atoms with Crippen molar-refractivity contribution < 1.29 is 4.74 Å². The van der Waals surface area contributed by atoms with E-state index in [0.29, 0.717) is 6.61 Å². The van der Waals surface area contributed by atoms with Crippen LogP contribution in [0.25, 0.3) is 10.4 Å². The molecule has 2 aliphatic heterocycles. The van der Waals surface area contributed by atoms with Crippen LogP contribution in [-0.2, 0) is 10.3 Å². The van der Waals surface area contributed by atoms with Crippen LogP contribution in [-0.4, -0.2) is 12.8 Å². The minimum atomic E-state index is -0.536. The van der Waals surface area contributed by atoms with E-state index in [1.54, 1.807) is 0 Å². The van der Waals surface area contributed by atoms with Crippen molar-refractivity contribution in [3.05, 3.63) is 40.3 Å². The number of anilines is 1. The van der Waals surface area contributed by atoms with Crippen molar-refractivity contribution in [2.45, 2.75) is 18.2 Å². The molecule has 1 aromatic carbocycles. The highest BCUT2D eigenvalue weighted by molar-refractivity contribution is 5.61. The lowest BCUT2D eigenvalue weighted by Gasteiger charge is -2.21. The second-order valence-electron chi connectivity index (χ2n) is 3.80. The van der Waals surface area contributed by atoms with Gasteiger partial charge in [-0.3, -0.25) is 0 Å². The molecule has 1 N–H and O–H groups in total. The summed E-state index contributed by atoms with van der Waals surface area (Å²) >= 11 is 0. The smallest absolute Gasteiger partial charge is 0.143 e. The summed E-state index contributed by atoms with van der Waals surface area (Å²) in [5, 5.41) is 7.19. The first-order chi connectivity index (χ1) is 7.37. The van der Waals surface area contributed by atoms with E-state index < -0.39 is 5.54 Å². The Labute approximate surface area is 86.7 Å². The Balaban J connectivity index is 2.21. The molecule has 0 saturated carbocycles. The number of benzene rings is 1. The lowest BCUT2D eigenvalue weighted by Crippen LogP contribution is -2.32. The molecule has 2 heterocycles. The van der Waals surface area contributed by atoms with E-state index in [4.69, 9.17) is 10.3 Å². The molecule has 0 spiro atoms. The number of ether oxygens (including phenoxy) is 1. The number of fused-ring (bicyclic) bond motifs is 3. The number of nitrogens with one attached hydrogen (secondary N) is 1. The third-order valence-electron chi connectivity index (χ3n) is 3.10. The van der Waals surface area contributed by atoms with Crippen LogP contribution in [0.3, 0.4) is 0 Å². The second-order valence-corrected chi connectivity index (χ2v) is 3.80. The molecule has 1 fully saturated rings. The van der Waals surface area contributed by atoms with Crippen molar-refractivity contribution in [2.75, 3.05) is 11.9 Å². The van der Waals surface area contributed by atoms with Crippen molar-refractivity contribution in [1.82, 2.24) is 0 Å². The van der Waals surface area contributed by atoms with E-state index >= 15 is 0 Å². The van der Waals surface area contributed by atoms with Gasteiger partial charge in [0.25, 0.3) is 0 Å². The number of rotatable bonds is 1. The summed E-state index contributed by atoms with van der Waals surface area (Å²) in [5.74, 6) is 0. The fourth-order valence-corrected chi connectivity index (χ4v) is 2.40. The highest BCUT2D eigenvalue weighted by Crippen LogP contribution is 2.48. The first-order valence-electron chi connectivity index (χ1n) is 4.91. The summed E-state index contributed by atoms with van der Waals surface area (Å²) < 4.78 is 5.54. The molecule has 1 unspecified atom stereocenters. The number of para-hydroxylation sites is 1. The van der Waals surface area contributed by atoms with Gasteiger partial charge < -0.3 is 10.1 Å². The number of nitrogens with zero attached hydrogens (tertiary/aromatic N) is 3. The number of hydrogen-bond acceptors (Lipinski definition) is 3. The van der Waals surface area contributed by atoms with Gasteiger partial charge in [0.15, 0.2) is 0 Å². The van der Waals surface area contributed by atoms with Crippen molar-refractivity contribution in [2.24, 2.45) is 5.11 Å². The van der Waals surface area contributed by atoms with Gasteiger partial charge in [-0.2, -0.15) is 0 Å². The van der Waals surface area contributed by atoms with E-state index in [1.807, 2.05) is 24.3 Å². The maximum absolute atomic E-state index is 8.67. The Hall–Kier alpha value is -1.71. The minimum Gasteiger partial charge on any atom is -0.359 e. The van der Waals surface area contributed by atoms with Crippen molar-refractivity contribution in [3.8, 4) is 0 Å². The molecule has 3 rings (SSSR count). The number of hydrogen-bond donors (Lipinski definition) is 1. The van der Waals surface area contributed by atoms with Crippen LogP contribution in [0.5, 0.6) is 0 Å². The Morgan fingerprint density at radius 1 is 1.53 bits per heavy atom. The Morgan fingerprint density at radius 3 is 3.27 bits per heavy atom. The predicted molar refractivity (Wildman–Crippen MR) is 55.2 cm³/mol. The monoisotopic (exact) mass is 202 g/mol. The largest absolute Gasteiger partial charge is 0.359 e. The minimum absolute atomic E-state index is 0.203. The van der Waals surface area contributed by atoms with Gasteiger partial charge in [0, 0.05) is 10.6 Å². The molecule has 0 aromatic heterocycles. The summed E-state index contributed by atoms with van der Waals surface area (Å²) in [6.45, 7) is 0.630. The van der Waals surface area contributed by atoms with Crippen LogP contribution in [0.2, 0.25) is 0 Å². The highest BCUT2D eigenvalue weighted by atomic mass is 16.5. The first-order valence-corrected chi connectivity index (χ1v) is 4.91. The van der Waals surface area contributed by atoms with Crippen LogP contribution < -0.4 is 5.32 Å². The molecule has 0 bridgehead atoms. The molecular formula is C10H10N4O. The normalized spacial score (nSPS) is 31.3. The summed E-state index contributed by atoms with van der Waals surface area (Å²) in [6, 6.07) is 7.88. The zero-order chi connectivity index (χ0) is 10.3. The van der Waals surface area contributed by atoms with Crippen molar-refractivity contribution in [1.29, 1.82) is 0 Å². The standard InChI is InChI=1S/C10H10N4O/c11-14-13-10-5-6-15-9(10)12-8-4-2-1-3-7(8)10/h1-4,9,12H,5-6H2/t9?,10-/m1/s1. The third kappa shape index (κ3) is 0.988. The van der Waals surface area contributed by atoms with E-state index in [-0.39, 0.29) is 6.23 Å². The molecule has 0 aliphatic carbocycles. The van der Waals surface area contributed by atoms with E-state index in [9.17, 15) is 0 Å². The summed E-state index contributed by atoms with van der Waals surface area (Å²) in [4.78, 5) is 2.95. The molecule has 2 atom stereocenters. The summed E-state index contributed by atoms with van der Waals surface area (Å²) in [7, 11) is 0. The molecular weight excluding hydrogens is 192 g/mol. The second kappa shape index (κ2) is 2.89. The zero-order valence-electron chi connectivity index (χ0n) is 8.05. The maximum atomic E-state index is 8.67. The molecule has 2 aliphatic rings. The number of azide groups is 1. The first kappa shape index (κ1) is 8.59. The molecule has 15 heavy (non-hydrogen) atoms. The average Bonchev–Trinajstić information content (AvgIpc) is 2.74. The molecule has 1 saturated heterocycles. The van der Waals surface area contributed by atoms with Crippen molar-refractivity contribution >= 4 is 5.69 Å². The van der Waals surface area contributed by atoms with Gasteiger partial charge in [0.05, 0.1) is 6.61 Å². The van der Waals surface area contributed by atoms with Gasteiger partial charge in [-0.1, -0.05) is 23.3 Å². The van der Waals surface area contributed by atoms with Crippen LogP contribution in [0, 0.1) is 0 Å². The van der Waals surface area contributed by atoms with Crippen LogP contribution in [0.1, 0.15) is 12.0 Å². The van der Waals surface area contributed by atoms with Gasteiger partial charge in [-0.05, 0) is 23.6 Å². The fraction of sp³-hybridized carbons (Fsp3) is 0.400. The van der Waals surface area contributed by atoms with Crippen LogP contribution in [0.4, 0.5) is 5.69 Å². The van der Waals surface area contributed by atoms with Crippen molar-refractivity contribution in [3.63, 3.8) is 0 Å². The Kier molecular flexibility index (Phi) is 1.65. The molecule has 5 heteroatoms. The van der Waals surface area contributed by atoms with Crippen LogP contribution >= 0.6 is 0 Å². The predicted octanol–water partition coefficient (Wildman–Crippen LogP) is 2.36. The quantitative estimate of drug-likeness (QED) is 0.431. The topological polar surface area (TPSA) is 70.0 Å².